The second-order valence-corrected chi connectivity index (χ2v) is 4.41. The fourth-order valence-corrected chi connectivity index (χ4v) is 1.80. The molecule has 0 aliphatic heterocycles. The van der Waals surface area contributed by atoms with Gasteiger partial charge in [-0.2, -0.15) is 0 Å². The summed E-state index contributed by atoms with van der Waals surface area (Å²) in [6.07, 6.45) is 3.80. The van der Waals surface area contributed by atoms with Gasteiger partial charge in [0.1, 0.15) is 5.69 Å². The highest BCUT2D eigenvalue weighted by atomic mass is 16.1. The molecule has 0 radical (unpaired) electrons. The minimum Gasteiger partial charge on any atom is -0.351 e. The van der Waals surface area contributed by atoms with Crippen molar-refractivity contribution in [2.75, 3.05) is 6.54 Å². The zero-order valence-electron chi connectivity index (χ0n) is 11.1. The monoisotopic (exact) mass is 254 g/mol. The Morgan fingerprint density at radius 1 is 1.11 bits per heavy atom. The molecule has 1 heterocycles. The Hall–Kier alpha value is -2.16. The van der Waals surface area contributed by atoms with Gasteiger partial charge in [0.25, 0.3) is 5.91 Å². The Labute approximate surface area is 113 Å². The second-order valence-electron chi connectivity index (χ2n) is 4.41. The minimum absolute atomic E-state index is 0.104. The third-order valence-corrected chi connectivity index (χ3v) is 2.92. The molecule has 1 aromatic heterocycles. The quantitative estimate of drug-likeness (QED) is 0.832. The van der Waals surface area contributed by atoms with Crippen LogP contribution in [0.2, 0.25) is 0 Å². The zero-order valence-corrected chi connectivity index (χ0v) is 11.1. The molecule has 98 valence electrons. The average molecular weight is 254 g/mol. The van der Waals surface area contributed by atoms with E-state index in [1.807, 2.05) is 36.4 Å². The zero-order chi connectivity index (χ0) is 13.5. The summed E-state index contributed by atoms with van der Waals surface area (Å²) in [7, 11) is 0. The van der Waals surface area contributed by atoms with Gasteiger partial charge in [-0.15, -0.1) is 0 Å². The van der Waals surface area contributed by atoms with Crippen molar-refractivity contribution in [1.82, 2.24) is 10.3 Å². The number of amides is 1. The van der Waals surface area contributed by atoms with Crippen molar-refractivity contribution in [1.29, 1.82) is 0 Å². The molecule has 0 saturated carbocycles. The first kappa shape index (κ1) is 13.3. The molecule has 0 fully saturated rings. The first-order valence-electron chi connectivity index (χ1n) is 6.61. The molecule has 2 aromatic rings. The largest absolute Gasteiger partial charge is 0.351 e. The molecular weight excluding hydrogens is 236 g/mol. The van der Waals surface area contributed by atoms with Gasteiger partial charge in [0.05, 0.1) is 0 Å². The molecule has 1 amide bonds. The summed E-state index contributed by atoms with van der Waals surface area (Å²) in [5, 5.41) is 2.86. The average Bonchev–Trinajstić information content (AvgIpc) is 2.48. The molecule has 1 N–H and O–H groups in total. The Bertz CT molecular complexity index is 520. The Balaban J connectivity index is 2.04. The van der Waals surface area contributed by atoms with Gasteiger partial charge < -0.3 is 5.32 Å². The van der Waals surface area contributed by atoms with Gasteiger partial charge in [0.15, 0.2) is 0 Å². The van der Waals surface area contributed by atoms with Crippen LogP contribution in [0, 0.1) is 0 Å². The van der Waals surface area contributed by atoms with Gasteiger partial charge >= 0.3 is 0 Å². The highest BCUT2D eigenvalue weighted by Gasteiger charge is 2.06. The van der Waals surface area contributed by atoms with Gasteiger partial charge in [0.2, 0.25) is 0 Å². The van der Waals surface area contributed by atoms with E-state index in [0.29, 0.717) is 12.2 Å². The Kier molecular flexibility index (Phi) is 4.67. The molecule has 0 unspecified atom stereocenters. The SMILES string of the molecule is CCCCNC(=O)c1ccc(-c2ccccc2)cn1. The van der Waals surface area contributed by atoms with Crippen LogP contribution in [0.3, 0.4) is 0 Å². The van der Waals surface area contributed by atoms with Gasteiger partial charge in [-0.05, 0) is 18.1 Å². The highest BCUT2D eigenvalue weighted by molar-refractivity contribution is 5.92. The van der Waals surface area contributed by atoms with E-state index in [9.17, 15) is 4.79 Å². The molecule has 1 aromatic carbocycles. The number of aromatic nitrogens is 1. The van der Waals surface area contributed by atoms with Crippen LogP contribution >= 0.6 is 0 Å². The van der Waals surface area contributed by atoms with Gasteiger partial charge in [-0.3, -0.25) is 9.78 Å². The summed E-state index contributed by atoms with van der Waals surface area (Å²) in [5.41, 5.74) is 2.59. The maximum absolute atomic E-state index is 11.8. The van der Waals surface area contributed by atoms with Crippen LogP contribution in [0.5, 0.6) is 0 Å². The van der Waals surface area contributed by atoms with Crippen molar-refractivity contribution in [2.24, 2.45) is 0 Å². The van der Waals surface area contributed by atoms with Gasteiger partial charge in [-0.1, -0.05) is 49.7 Å². The third-order valence-electron chi connectivity index (χ3n) is 2.92. The summed E-state index contributed by atoms with van der Waals surface area (Å²) in [6.45, 7) is 2.80. The predicted octanol–water partition coefficient (Wildman–Crippen LogP) is 3.28. The van der Waals surface area contributed by atoms with Crippen LogP contribution in [-0.2, 0) is 0 Å². The van der Waals surface area contributed by atoms with Crippen molar-refractivity contribution in [3.63, 3.8) is 0 Å². The molecule has 19 heavy (non-hydrogen) atoms. The molecule has 0 aliphatic rings. The fourth-order valence-electron chi connectivity index (χ4n) is 1.80. The fraction of sp³-hybridized carbons (Fsp3) is 0.250. The lowest BCUT2D eigenvalue weighted by Crippen LogP contribution is -2.25. The topological polar surface area (TPSA) is 42.0 Å². The van der Waals surface area contributed by atoms with Gasteiger partial charge in [-0.25, -0.2) is 0 Å². The van der Waals surface area contributed by atoms with Crippen molar-refractivity contribution >= 4 is 5.91 Å². The molecule has 3 nitrogen and oxygen atoms in total. The smallest absolute Gasteiger partial charge is 0.269 e. The maximum atomic E-state index is 11.8. The van der Waals surface area contributed by atoms with E-state index in [1.54, 1.807) is 12.3 Å². The minimum atomic E-state index is -0.104. The predicted molar refractivity (Wildman–Crippen MR) is 76.9 cm³/mol. The molecule has 2 rings (SSSR count). The van der Waals surface area contributed by atoms with Crippen LogP contribution in [0.15, 0.2) is 48.7 Å². The van der Waals surface area contributed by atoms with Crippen LogP contribution in [0.1, 0.15) is 30.3 Å². The summed E-state index contributed by atoms with van der Waals surface area (Å²) in [6, 6.07) is 13.7. The first-order valence-corrected chi connectivity index (χ1v) is 6.61. The molecule has 3 heteroatoms. The number of carbonyl (C=O) groups is 1. The van der Waals surface area contributed by atoms with E-state index in [-0.39, 0.29) is 5.91 Å². The van der Waals surface area contributed by atoms with Crippen LogP contribution < -0.4 is 5.32 Å². The van der Waals surface area contributed by atoms with Crippen LogP contribution in [0.25, 0.3) is 11.1 Å². The number of carbonyl (C=O) groups excluding carboxylic acids is 1. The summed E-state index contributed by atoms with van der Waals surface area (Å²) in [5.74, 6) is -0.104. The lowest BCUT2D eigenvalue weighted by molar-refractivity contribution is 0.0948. The first-order chi connectivity index (χ1) is 9.31. The number of rotatable bonds is 5. The lowest BCUT2D eigenvalue weighted by atomic mass is 10.1. The number of hydrogen-bond donors (Lipinski definition) is 1. The third kappa shape index (κ3) is 3.65. The van der Waals surface area contributed by atoms with E-state index in [2.05, 4.69) is 17.2 Å². The van der Waals surface area contributed by atoms with Crippen LogP contribution in [-0.4, -0.2) is 17.4 Å². The number of nitrogens with zero attached hydrogens (tertiary/aromatic N) is 1. The Morgan fingerprint density at radius 2 is 1.89 bits per heavy atom. The van der Waals surface area contributed by atoms with Crippen molar-refractivity contribution in [3.8, 4) is 11.1 Å². The van der Waals surface area contributed by atoms with E-state index < -0.39 is 0 Å². The molecular formula is C16H18N2O. The lowest BCUT2D eigenvalue weighted by Gasteiger charge is -2.05. The van der Waals surface area contributed by atoms with Crippen molar-refractivity contribution in [2.45, 2.75) is 19.8 Å². The summed E-state index contributed by atoms with van der Waals surface area (Å²) in [4.78, 5) is 16.0. The standard InChI is InChI=1S/C16H18N2O/c1-2-3-11-17-16(19)15-10-9-14(12-18-15)13-7-5-4-6-8-13/h4-10,12H,2-3,11H2,1H3,(H,17,19). The van der Waals surface area contributed by atoms with E-state index in [4.69, 9.17) is 0 Å². The number of unbranched alkanes of at least 4 members (excludes halogenated alkanes) is 1. The summed E-state index contributed by atoms with van der Waals surface area (Å²) < 4.78 is 0. The number of pyridine rings is 1. The normalized spacial score (nSPS) is 10.2. The molecule has 0 aliphatic carbocycles. The van der Waals surface area contributed by atoms with Gasteiger partial charge in [0, 0.05) is 18.3 Å². The molecule has 0 atom stereocenters. The second kappa shape index (κ2) is 6.69. The highest BCUT2D eigenvalue weighted by Crippen LogP contribution is 2.17. The van der Waals surface area contributed by atoms with E-state index >= 15 is 0 Å². The number of benzene rings is 1. The summed E-state index contributed by atoms with van der Waals surface area (Å²) >= 11 is 0. The number of nitrogens with one attached hydrogen (secondary N) is 1. The van der Waals surface area contributed by atoms with Crippen LogP contribution in [0.4, 0.5) is 0 Å². The number of hydrogen-bond acceptors (Lipinski definition) is 2. The molecule has 0 bridgehead atoms. The van der Waals surface area contributed by atoms with Crippen molar-refractivity contribution in [3.05, 3.63) is 54.4 Å². The van der Waals surface area contributed by atoms with Crippen molar-refractivity contribution < 1.29 is 4.79 Å². The molecule has 0 saturated heterocycles. The Morgan fingerprint density at radius 3 is 2.53 bits per heavy atom. The molecule has 0 spiro atoms. The maximum Gasteiger partial charge on any atom is 0.269 e. The van der Waals surface area contributed by atoms with E-state index in [0.717, 1.165) is 24.0 Å². The van der Waals surface area contributed by atoms with E-state index in [1.165, 1.54) is 0 Å².